The van der Waals surface area contributed by atoms with Crippen molar-refractivity contribution >= 4 is 50.0 Å². The van der Waals surface area contributed by atoms with Gasteiger partial charge in [0.05, 0.1) is 0 Å². The summed E-state index contributed by atoms with van der Waals surface area (Å²) in [5.74, 6) is 0. The monoisotopic (exact) mass is 656 g/mol. The molecule has 11 heteroatoms. The molecule has 0 aromatic carbocycles. The Morgan fingerprint density at radius 2 is 0.484 bits per heavy atom. The number of rotatable bonds is 4. The molecule has 0 atom stereocenters. The molecule has 0 aromatic rings. The van der Waals surface area contributed by atoms with Crippen molar-refractivity contribution < 1.29 is 34.1 Å². The first-order valence-electron chi connectivity index (χ1n) is 10.4. The predicted molar refractivity (Wildman–Crippen MR) is 154 cm³/mol. The van der Waals surface area contributed by atoms with Crippen LogP contribution in [-0.4, -0.2) is 61.1 Å². The molecular weight excluding hydrogens is 599 g/mol. The van der Waals surface area contributed by atoms with Crippen LogP contribution < -0.4 is 0 Å². The van der Waals surface area contributed by atoms with Crippen molar-refractivity contribution in [3.05, 3.63) is 20.8 Å². The molecule has 0 aromatic heterocycles. The summed E-state index contributed by atoms with van der Waals surface area (Å²) in [6, 6.07) is 0. The van der Waals surface area contributed by atoms with Gasteiger partial charge in [-0.2, -0.15) is 0 Å². The zero-order valence-electron chi connectivity index (χ0n) is 24.0. The minimum absolute atomic E-state index is 0. The van der Waals surface area contributed by atoms with Crippen LogP contribution in [0.1, 0.15) is 41.5 Å². The van der Waals surface area contributed by atoms with E-state index >= 15 is 0 Å². The fourth-order valence-corrected chi connectivity index (χ4v) is 18.1. The second kappa shape index (κ2) is 19.5. The summed E-state index contributed by atoms with van der Waals surface area (Å²) < 4.78 is 9.64. The van der Waals surface area contributed by atoms with E-state index in [1.807, 2.05) is 41.5 Å². The Balaban J connectivity index is -0.0000000497. The van der Waals surface area contributed by atoms with E-state index in [0.29, 0.717) is 0 Å². The first kappa shape index (κ1) is 50.2. The number of nitrogens with zero attached hydrogens (tertiary/aromatic N) is 2. The zero-order valence-corrected chi connectivity index (χ0v) is 31.9. The van der Waals surface area contributed by atoms with E-state index in [1.165, 1.54) is 0 Å². The Morgan fingerprint density at radius 3 is 0.484 bits per heavy atom. The smallest absolute Gasteiger partial charge is 2.00 e. The maximum Gasteiger partial charge on any atom is 3.00 e. The Hall–Kier alpha value is 2.27. The SMILES string of the molecule is CC(C)(C)[NH-].CC(C)(C)[NH-].C[Si](C)(C)[N-][Si](C)(C)C.C[Si](C)(C)[N-][Si](C)(C)C.[Fe+3].[Fe+3].[Se-2]. The van der Waals surface area contributed by atoms with Gasteiger partial charge in [-0.25, -0.2) is 0 Å². The second-order valence-corrected chi connectivity index (χ2v) is 32.6. The molecule has 0 aliphatic rings. The van der Waals surface area contributed by atoms with Crippen LogP contribution in [0.3, 0.4) is 0 Å². The first-order chi connectivity index (χ1) is 11.4. The van der Waals surface area contributed by atoms with Gasteiger partial charge in [-0.3, -0.25) is 0 Å². The zero-order chi connectivity index (χ0) is 24.4. The van der Waals surface area contributed by atoms with Gasteiger partial charge in [-0.1, -0.05) is 153 Å². The van der Waals surface area contributed by atoms with E-state index in [2.05, 4.69) is 78.6 Å². The van der Waals surface area contributed by atoms with Crippen LogP contribution in [0.4, 0.5) is 0 Å². The molecule has 0 bridgehead atoms. The third-order valence-electron chi connectivity index (χ3n) is 1.34. The maximum absolute atomic E-state index is 6.94. The fraction of sp³-hybridized carbons (Fsp3) is 1.00. The Kier molecular flexibility index (Phi) is 31.5. The average Bonchev–Trinajstić information content (AvgIpc) is 1.95. The minimum Gasteiger partial charge on any atom is -2.00 e. The van der Waals surface area contributed by atoms with E-state index in [0.717, 1.165) is 0 Å². The van der Waals surface area contributed by atoms with E-state index in [9.17, 15) is 0 Å². The minimum atomic E-state index is -1.11. The summed E-state index contributed by atoms with van der Waals surface area (Å²) in [6.07, 6.45) is 0. The molecule has 0 saturated carbocycles. The van der Waals surface area contributed by atoms with Gasteiger partial charge < -0.3 is 37.8 Å². The van der Waals surface area contributed by atoms with Crippen molar-refractivity contribution in [2.45, 2.75) is 131 Å². The topological polar surface area (TPSA) is 75.8 Å². The van der Waals surface area contributed by atoms with Crippen molar-refractivity contribution in [1.29, 1.82) is 0 Å². The van der Waals surface area contributed by atoms with Crippen molar-refractivity contribution in [3.8, 4) is 0 Å². The molecule has 0 aliphatic carbocycles. The summed E-state index contributed by atoms with van der Waals surface area (Å²) in [5.41, 5.74) is 13.4. The average molecular weight is 656 g/mol. The molecule has 2 radical (unpaired) electrons. The molecule has 0 aliphatic heterocycles. The fourth-order valence-electron chi connectivity index (χ4n) is 2.01. The predicted octanol–water partition coefficient (Wildman–Crippen LogP) is 9.35. The molecule has 4 nitrogen and oxygen atoms in total. The third kappa shape index (κ3) is 145. The van der Waals surface area contributed by atoms with Gasteiger partial charge >= 0.3 is 34.1 Å². The van der Waals surface area contributed by atoms with Gasteiger partial charge in [0.25, 0.3) is 0 Å². The van der Waals surface area contributed by atoms with Crippen LogP contribution in [0, 0.1) is 0 Å². The van der Waals surface area contributed by atoms with E-state index in [4.69, 9.17) is 20.8 Å². The summed E-state index contributed by atoms with van der Waals surface area (Å²) in [4.78, 5) is 0. The van der Waals surface area contributed by atoms with Crippen LogP contribution in [0.15, 0.2) is 0 Å². The van der Waals surface area contributed by atoms with Gasteiger partial charge in [0.1, 0.15) is 0 Å². The quantitative estimate of drug-likeness (QED) is 0.271. The van der Waals surface area contributed by atoms with Crippen LogP contribution >= 0.6 is 0 Å². The molecule has 194 valence electrons. The molecule has 31 heavy (non-hydrogen) atoms. The molecule has 0 fully saturated rings. The molecular formula is C20H56Fe2N4SeSi4. The molecule has 2 N–H and O–H groups in total. The van der Waals surface area contributed by atoms with Crippen molar-refractivity contribution in [1.82, 2.24) is 0 Å². The maximum atomic E-state index is 6.94. The standard InChI is InChI=1S/2C6H18NSi2.2C4H10N.2Fe.Se/c2*1-8(2,3)7-9(4,5)6;2*1-4(2,3)5;;;/h2*1-6H3;2*5H,1-3H3;;;/q4*-1;2*+3;-2. The summed E-state index contributed by atoms with van der Waals surface area (Å²) in [6.45, 7) is 38.7. The van der Waals surface area contributed by atoms with E-state index in [-0.39, 0.29) is 62.3 Å². The van der Waals surface area contributed by atoms with Crippen LogP contribution in [0.2, 0.25) is 78.6 Å². The summed E-state index contributed by atoms with van der Waals surface area (Å²) in [7, 11) is -4.42. The van der Waals surface area contributed by atoms with E-state index < -0.39 is 32.9 Å². The van der Waals surface area contributed by atoms with Gasteiger partial charge in [-0.05, 0) is 0 Å². The van der Waals surface area contributed by atoms with Gasteiger partial charge in [0.2, 0.25) is 0 Å². The van der Waals surface area contributed by atoms with Crippen molar-refractivity contribution in [3.63, 3.8) is 0 Å². The van der Waals surface area contributed by atoms with Crippen molar-refractivity contribution in [2.24, 2.45) is 0 Å². The normalized spacial score (nSPS) is 12.0. The first-order valence-corrected chi connectivity index (χ1v) is 24.2. The molecule has 0 saturated heterocycles. The number of nitrogens with one attached hydrogen (secondary N) is 2. The Bertz CT molecular complexity index is 317. The van der Waals surface area contributed by atoms with Gasteiger partial charge in [0, 0.05) is 0 Å². The number of hydrogen-bond acceptors (Lipinski definition) is 0. The van der Waals surface area contributed by atoms with Crippen LogP contribution in [0.25, 0.3) is 20.8 Å². The number of hydrogen-bond donors (Lipinski definition) is 0. The van der Waals surface area contributed by atoms with Gasteiger partial charge in [-0.15, -0.1) is 11.1 Å². The van der Waals surface area contributed by atoms with E-state index in [1.54, 1.807) is 0 Å². The summed E-state index contributed by atoms with van der Waals surface area (Å²) in [5, 5.41) is 0. The Labute approximate surface area is 234 Å². The Morgan fingerprint density at radius 1 is 0.419 bits per heavy atom. The second-order valence-electron chi connectivity index (χ2n) is 13.4. The molecule has 0 spiro atoms. The third-order valence-corrected chi connectivity index (χ3v) is 12.1. The van der Waals surface area contributed by atoms with Crippen LogP contribution in [-0.2, 0) is 34.1 Å². The molecule has 0 heterocycles. The van der Waals surface area contributed by atoms with Crippen molar-refractivity contribution in [2.75, 3.05) is 0 Å². The largest absolute Gasteiger partial charge is 3.00 e. The van der Waals surface area contributed by atoms with Gasteiger partial charge in [0.15, 0.2) is 0 Å². The van der Waals surface area contributed by atoms with Crippen LogP contribution in [0.5, 0.6) is 0 Å². The summed E-state index contributed by atoms with van der Waals surface area (Å²) >= 11 is 0. The molecule has 0 amide bonds. The molecule has 0 rings (SSSR count). The molecule has 0 unspecified atom stereocenters.